The number of pyridine rings is 1. The molecule has 0 saturated heterocycles. The van der Waals surface area contributed by atoms with Crippen molar-refractivity contribution in [1.29, 1.82) is 0 Å². The number of amides is 1. The van der Waals surface area contributed by atoms with E-state index in [-0.39, 0.29) is 5.91 Å². The minimum absolute atomic E-state index is 0.142. The molecule has 0 fully saturated rings. The van der Waals surface area contributed by atoms with Gasteiger partial charge in [-0.05, 0) is 36.6 Å². The smallest absolute Gasteiger partial charge is 0.255 e. The molecule has 0 radical (unpaired) electrons. The number of rotatable bonds is 3. The normalized spacial score (nSPS) is 11.1. The monoisotopic (exact) mass is 294 g/mol. The molecule has 3 rings (SSSR count). The minimum Gasteiger partial charge on any atom is -0.322 e. The Morgan fingerprint density at radius 2 is 1.95 bits per heavy atom. The van der Waals surface area contributed by atoms with Crippen molar-refractivity contribution in [3.05, 3.63) is 59.5 Å². The minimum atomic E-state index is -0.142. The number of aromatic nitrogens is 3. The van der Waals surface area contributed by atoms with Crippen molar-refractivity contribution in [2.45, 2.75) is 26.7 Å². The zero-order valence-electron chi connectivity index (χ0n) is 12.9. The number of nitrogens with one attached hydrogen (secondary N) is 1. The van der Waals surface area contributed by atoms with Gasteiger partial charge in [0.05, 0.1) is 0 Å². The van der Waals surface area contributed by atoms with Crippen LogP contribution in [0.1, 0.15) is 41.5 Å². The third-order valence-corrected chi connectivity index (χ3v) is 3.67. The van der Waals surface area contributed by atoms with Crippen molar-refractivity contribution >= 4 is 17.2 Å². The molecule has 3 aromatic rings. The molecule has 5 nitrogen and oxygen atoms in total. The van der Waals surface area contributed by atoms with Crippen molar-refractivity contribution in [2.75, 3.05) is 5.32 Å². The van der Waals surface area contributed by atoms with Crippen molar-refractivity contribution in [1.82, 2.24) is 14.6 Å². The lowest BCUT2D eigenvalue weighted by atomic mass is 10.0. The van der Waals surface area contributed by atoms with Gasteiger partial charge >= 0.3 is 0 Å². The highest BCUT2D eigenvalue weighted by Gasteiger charge is 2.12. The molecule has 2 aromatic heterocycles. The first kappa shape index (κ1) is 14.3. The fraction of sp³-hybridized carbons (Fsp3) is 0.235. The molecule has 112 valence electrons. The second kappa shape index (κ2) is 5.60. The van der Waals surface area contributed by atoms with Crippen LogP contribution in [0, 0.1) is 6.92 Å². The molecule has 0 unspecified atom stereocenters. The van der Waals surface area contributed by atoms with Crippen LogP contribution in [0.3, 0.4) is 0 Å². The number of para-hydroxylation sites is 1. The summed E-state index contributed by atoms with van der Waals surface area (Å²) in [4.78, 5) is 12.5. The van der Waals surface area contributed by atoms with Crippen molar-refractivity contribution in [2.24, 2.45) is 0 Å². The number of carbonyl (C=O) groups excluding carboxylic acids is 1. The summed E-state index contributed by atoms with van der Waals surface area (Å²) in [7, 11) is 0. The molecule has 1 aromatic carbocycles. The van der Waals surface area contributed by atoms with Crippen LogP contribution < -0.4 is 5.32 Å². The second-order valence-electron chi connectivity index (χ2n) is 5.59. The van der Waals surface area contributed by atoms with Gasteiger partial charge in [-0.2, -0.15) is 0 Å². The largest absolute Gasteiger partial charge is 0.322 e. The number of benzene rings is 1. The first-order valence-corrected chi connectivity index (χ1v) is 7.28. The average molecular weight is 294 g/mol. The Kier molecular flexibility index (Phi) is 3.63. The molecule has 0 aliphatic rings. The summed E-state index contributed by atoms with van der Waals surface area (Å²) in [6.07, 6.45) is 1.81. The van der Waals surface area contributed by atoms with Crippen LogP contribution in [0.5, 0.6) is 0 Å². The van der Waals surface area contributed by atoms with E-state index in [1.54, 1.807) is 12.1 Å². The fourth-order valence-corrected chi connectivity index (χ4v) is 2.46. The zero-order chi connectivity index (χ0) is 15.7. The predicted molar refractivity (Wildman–Crippen MR) is 86.2 cm³/mol. The van der Waals surface area contributed by atoms with Gasteiger partial charge in [0.2, 0.25) is 0 Å². The van der Waals surface area contributed by atoms with E-state index in [0.717, 1.165) is 17.1 Å². The zero-order valence-corrected chi connectivity index (χ0v) is 12.9. The van der Waals surface area contributed by atoms with Gasteiger partial charge in [0.15, 0.2) is 5.65 Å². The highest BCUT2D eigenvalue weighted by molar-refractivity contribution is 6.05. The highest BCUT2D eigenvalue weighted by atomic mass is 16.1. The average Bonchev–Trinajstić information content (AvgIpc) is 2.88. The third-order valence-electron chi connectivity index (χ3n) is 3.67. The van der Waals surface area contributed by atoms with Crippen molar-refractivity contribution < 1.29 is 4.79 Å². The number of nitrogens with zero attached hydrogens (tertiary/aromatic N) is 3. The fourth-order valence-electron chi connectivity index (χ4n) is 2.46. The van der Waals surface area contributed by atoms with Gasteiger partial charge < -0.3 is 5.32 Å². The Morgan fingerprint density at radius 3 is 2.73 bits per heavy atom. The molecule has 1 amide bonds. The van der Waals surface area contributed by atoms with Gasteiger partial charge in [-0.3, -0.25) is 9.20 Å². The number of carbonyl (C=O) groups is 1. The van der Waals surface area contributed by atoms with Crippen LogP contribution in [0.2, 0.25) is 0 Å². The second-order valence-corrected chi connectivity index (χ2v) is 5.59. The van der Waals surface area contributed by atoms with Gasteiger partial charge in [-0.1, -0.05) is 32.0 Å². The van der Waals surface area contributed by atoms with Crippen LogP contribution in [0.15, 0.2) is 42.6 Å². The standard InChI is InChI=1S/C17H18N4O/c1-11(2)14-6-4-5-7-15(14)18-17(22)13-8-9-21-12(3)19-20-16(21)10-13/h4-11H,1-3H3,(H,18,22). The van der Waals surface area contributed by atoms with E-state index in [1.807, 2.05) is 41.8 Å². The molecule has 1 N–H and O–H groups in total. The van der Waals surface area contributed by atoms with E-state index in [4.69, 9.17) is 0 Å². The SMILES string of the molecule is Cc1nnc2cc(C(=O)Nc3ccccc3C(C)C)ccn12. The molecule has 0 saturated carbocycles. The quantitative estimate of drug-likeness (QED) is 0.805. The Bertz CT molecular complexity index is 836. The summed E-state index contributed by atoms with van der Waals surface area (Å²) < 4.78 is 1.85. The summed E-state index contributed by atoms with van der Waals surface area (Å²) >= 11 is 0. The maximum Gasteiger partial charge on any atom is 0.255 e. The number of hydrogen-bond donors (Lipinski definition) is 1. The summed E-state index contributed by atoms with van der Waals surface area (Å²) in [6.45, 7) is 6.09. The van der Waals surface area contributed by atoms with E-state index in [0.29, 0.717) is 17.1 Å². The molecule has 5 heteroatoms. The molecule has 0 aliphatic heterocycles. The van der Waals surface area contributed by atoms with Crippen LogP contribution >= 0.6 is 0 Å². The lowest BCUT2D eigenvalue weighted by molar-refractivity contribution is 0.102. The molecule has 0 atom stereocenters. The lowest BCUT2D eigenvalue weighted by Gasteiger charge is -2.13. The summed E-state index contributed by atoms with van der Waals surface area (Å²) in [5.74, 6) is 1.00. The van der Waals surface area contributed by atoms with Crippen molar-refractivity contribution in [3.63, 3.8) is 0 Å². The number of anilines is 1. The van der Waals surface area contributed by atoms with E-state index in [1.165, 1.54) is 0 Å². The van der Waals surface area contributed by atoms with E-state index in [9.17, 15) is 4.79 Å². The van der Waals surface area contributed by atoms with Gasteiger partial charge in [0.25, 0.3) is 5.91 Å². The highest BCUT2D eigenvalue weighted by Crippen LogP contribution is 2.24. The number of hydrogen-bond acceptors (Lipinski definition) is 3. The molecule has 0 aliphatic carbocycles. The predicted octanol–water partition coefficient (Wildman–Crippen LogP) is 3.41. The Morgan fingerprint density at radius 1 is 1.18 bits per heavy atom. The van der Waals surface area contributed by atoms with Crippen molar-refractivity contribution in [3.8, 4) is 0 Å². The number of fused-ring (bicyclic) bond motifs is 1. The Balaban J connectivity index is 1.90. The first-order valence-electron chi connectivity index (χ1n) is 7.28. The maximum absolute atomic E-state index is 12.5. The van der Waals surface area contributed by atoms with Crippen LogP contribution in [-0.2, 0) is 0 Å². The first-order chi connectivity index (χ1) is 10.6. The lowest BCUT2D eigenvalue weighted by Crippen LogP contribution is -2.14. The molecule has 0 spiro atoms. The van der Waals surface area contributed by atoms with Gasteiger partial charge in [-0.15, -0.1) is 10.2 Å². The molecule has 0 bridgehead atoms. The maximum atomic E-state index is 12.5. The summed E-state index contributed by atoms with van der Waals surface area (Å²) in [5, 5.41) is 11.0. The topological polar surface area (TPSA) is 59.3 Å². The van der Waals surface area contributed by atoms with Gasteiger partial charge in [0.1, 0.15) is 5.82 Å². The third kappa shape index (κ3) is 2.57. The van der Waals surface area contributed by atoms with Crippen LogP contribution in [0.4, 0.5) is 5.69 Å². The molecule has 22 heavy (non-hydrogen) atoms. The van der Waals surface area contributed by atoms with Gasteiger partial charge in [0, 0.05) is 17.4 Å². The van der Waals surface area contributed by atoms with E-state index >= 15 is 0 Å². The van der Waals surface area contributed by atoms with Crippen LogP contribution in [-0.4, -0.2) is 20.5 Å². The van der Waals surface area contributed by atoms with Gasteiger partial charge in [-0.25, -0.2) is 0 Å². The Labute approximate surface area is 129 Å². The van der Waals surface area contributed by atoms with E-state index < -0.39 is 0 Å². The van der Waals surface area contributed by atoms with E-state index in [2.05, 4.69) is 29.4 Å². The summed E-state index contributed by atoms with van der Waals surface area (Å²) in [6, 6.07) is 11.4. The molecular weight excluding hydrogens is 276 g/mol. The molecular formula is C17H18N4O. The Hall–Kier alpha value is -2.69. The molecule has 2 heterocycles. The number of aryl methyl sites for hydroxylation is 1. The van der Waals surface area contributed by atoms with Crippen LogP contribution in [0.25, 0.3) is 5.65 Å². The summed E-state index contributed by atoms with van der Waals surface area (Å²) in [5.41, 5.74) is 3.20.